The van der Waals surface area contributed by atoms with E-state index in [-0.39, 0.29) is 30.8 Å². The Morgan fingerprint density at radius 3 is 2.89 bits per heavy atom. The van der Waals surface area contributed by atoms with Gasteiger partial charge in [0.25, 0.3) is 5.91 Å². The summed E-state index contributed by atoms with van der Waals surface area (Å²) in [6.45, 7) is 2.41. The molecule has 2 unspecified atom stereocenters. The molecule has 0 radical (unpaired) electrons. The molecule has 152 valence electrons. The van der Waals surface area contributed by atoms with Gasteiger partial charge in [-0.3, -0.25) is 14.5 Å². The fourth-order valence-electron chi connectivity index (χ4n) is 4.52. The average Bonchev–Trinajstić information content (AvgIpc) is 3.16. The van der Waals surface area contributed by atoms with E-state index in [0.717, 1.165) is 42.0 Å². The molecule has 2 atom stereocenters. The minimum Gasteiger partial charge on any atom is -0.355 e. The quantitative estimate of drug-likeness (QED) is 0.643. The zero-order valence-electron chi connectivity index (χ0n) is 15.8. The zero-order chi connectivity index (χ0) is 18.9. The van der Waals surface area contributed by atoms with Gasteiger partial charge in [-0.2, -0.15) is 0 Å². The third-order valence-corrected chi connectivity index (χ3v) is 6.00. The molecule has 8 heteroatoms. The van der Waals surface area contributed by atoms with Crippen LogP contribution in [-0.4, -0.2) is 48.9 Å². The third-order valence-electron chi connectivity index (χ3n) is 6.00. The number of benzene rings is 1. The van der Waals surface area contributed by atoms with E-state index >= 15 is 0 Å². The van der Waals surface area contributed by atoms with Crippen LogP contribution in [0.2, 0.25) is 0 Å². The van der Waals surface area contributed by atoms with Crippen molar-refractivity contribution in [2.45, 2.75) is 37.6 Å². The van der Waals surface area contributed by atoms with E-state index in [1.807, 2.05) is 24.3 Å². The molecule has 2 aliphatic heterocycles. The van der Waals surface area contributed by atoms with Gasteiger partial charge in [-0.15, -0.1) is 12.4 Å². The lowest BCUT2D eigenvalue weighted by Crippen LogP contribution is -2.44. The summed E-state index contributed by atoms with van der Waals surface area (Å²) in [4.78, 5) is 38.8. The van der Waals surface area contributed by atoms with E-state index in [1.54, 1.807) is 0 Å². The predicted molar refractivity (Wildman–Crippen MR) is 107 cm³/mol. The Balaban J connectivity index is 0.00000225. The number of nitrogens with one attached hydrogen (secondary N) is 3. The smallest absolute Gasteiger partial charge is 0.325 e. The number of piperidine rings is 1. The highest BCUT2D eigenvalue weighted by Gasteiger charge is 2.55. The van der Waals surface area contributed by atoms with Gasteiger partial charge in [0.2, 0.25) is 5.91 Å². The number of carbonyl (C=O) groups excluding carboxylic acids is 3. The van der Waals surface area contributed by atoms with Gasteiger partial charge >= 0.3 is 6.03 Å². The molecule has 1 aromatic carbocycles. The third kappa shape index (κ3) is 3.73. The van der Waals surface area contributed by atoms with Gasteiger partial charge in [0.05, 0.1) is 0 Å². The second kappa shape index (κ2) is 8.49. The van der Waals surface area contributed by atoms with E-state index < -0.39 is 11.6 Å². The SMILES string of the molecule is Cl.O=C(CN1C(=O)NC2(CCc3ccccc32)C1=O)NCCC1CCCNC1. The van der Waals surface area contributed by atoms with Gasteiger partial charge in [-0.05, 0) is 62.2 Å². The highest BCUT2D eigenvalue weighted by molar-refractivity contribution is 6.09. The minimum atomic E-state index is -0.998. The Labute approximate surface area is 171 Å². The van der Waals surface area contributed by atoms with E-state index in [4.69, 9.17) is 0 Å². The first-order chi connectivity index (χ1) is 13.1. The molecule has 1 aliphatic carbocycles. The van der Waals surface area contributed by atoms with Gasteiger partial charge in [0.1, 0.15) is 12.1 Å². The Morgan fingerprint density at radius 2 is 2.11 bits per heavy atom. The van der Waals surface area contributed by atoms with Crippen LogP contribution in [0, 0.1) is 5.92 Å². The number of carbonyl (C=O) groups is 3. The van der Waals surface area contributed by atoms with Crippen LogP contribution in [0.4, 0.5) is 4.79 Å². The molecule has 0 saturated carbocycles. The second-order valence-electron chi connectivity index (χ2n) is 7.73. The van der Waals surface area contributed by atoms with Crippen molar-refractivity contribution in [3.8, 4) is 0 Å². The maximum atomic E-state index is 13.0. The van der Waals surface area contributed by atoms with Gasteiger partial charge in [0.15, 0.2) is 0 Å². The van der Waals surface area contributed by atoms with Crippen LogP contribution in [0.1, 0.15) is 36.8 Å². The first kappa shape index (κ1) is 20.6. The summed E-state index contributed by atoms with van der Waals surface area (Å²) in [5.74, 6) is -0.0243. The molecule has 0 aromatic heterocycles. The van der Waals surface area contributed by atoms with E-state index in [1.165, 1.54) is 12.8 Å². The Hall–Kier alpha value is -2.12. The molecular formula is C20H27ClN4O3. The molecule has 1 spiro atoms. The van der Waals surface area contributed by atoms with Crippen molar-refractivity contribution in [3.05, 3.63) is 35.4 Å². The number of halogens is 1. The molecule has 28 heavy (non-hydrogen) atoms. The van der Waals surface area contributed by atoms with Crippen molar-refractivity contribution in [2.24, 2.45) is 5.92 Å². The Bertz CT molecular complexity index is 766. The van der Waals surface area contributed by atoms with E-state index in [0.29, 0.717) is 18.9 Å². The maximum Gasteiger partial charge on any atom is 0.325 e. The molecule has 4 rings (SSSR count). The number of imide groups is 1. The first-order valence-electron chi connectivity index (χ1n) is 9.80. The van der Waals surface area contributed by atoms with Crippen molar-refractivity contribution >= 4 is 30.3 Å². The number of nitrogens with zero attached hydrogens (tertiary/aromatic N) is 1. The molecule has 2 saturated heterocycles. The Kier molecular flexibility index (Phi) is 6.25. The van der Waals surface area contributed by atoms with Crippen LogP contribution in [0.3, 0.4) is 0 Å². The van der Waals surface area contributed by atoms with Crippen molar-refractivity contribution in [1.29, 1.82) is 0 Å². The summed E-state index contributed by atoms with van der Waals surface area (Å²) in [5.41, 5.74) is 0.941. The van der Waals surface area contributed by atoms with Gasteiger partial charge < -0.3 is 16.0 Å². The second-order valence-corrected chi connectivity index (χ2v) is 7.73. The van der Waals surface area contributed by atoms with Crippen molar-refractivity contribution in [1.82, 2.24) is 20.9 Å². The molecule has 4 amide bonds. The average molecular weight is 407 g/mol. The number of hydrogen-bond acceptors (Lipinski definition) is 4. The van der Waals surface area contributed by atoms with Crippen LogP contribution in [0.15, 0.2) is 24.3 Å². The van der Waals surface area contributed by atoms with Crippen molar-refractivity contribution in [2.75, 3.05) is 26.2 Å². The molecule has 3 N–H and O–H groups in total. The lowest BCUT2D eigenvalue weighted by atomic mass is 9.92. The van der Waals surface area contributed by atoms with E-state index in [9.17, 15) is 14.4 Å². The van der Waals surface area contributed by atoms with Crippen LogP contribution in [-0.2, 0) is 21.5 Å². The summed E-state index contributed by atoms with van der Waals surface area (Å²) in [6, 6.07) is 7.21. The summed E-state index contributed by atoms with van der Waals surface area (Å²) >= 11 is 0. The summed E-state index contributed by atoms with van der Waals surface area (Å²) in [7, 11) is 0. The highest BCUT2D eigenvalue weighted by atomic mass is 35.5. The van der Waals surface area contributed by atoms with Crippen LogP contribution in [0.5, 0.6) is 0 Å². The largest absolute Gasteiger partial charge is 0.355 e. The van der Waals surface area contributed by atoms with Gasteiger partial charge in [-0.1, -0.05) is 24.3 Å². The summed E-state index contributed by atoms with van der Waals surface area (Å²) in [5, 5.41) is 9.06. The summed E-state index contributed by atoms with van der Waals surface area (Å²) in [6.07, 6.45) is 4.56. The number of urea groups is 1. The number of hydrogen-bond donors (Lipinski definition) is 3. The number of aryl methyl sites for hydroxylation is 1. The number of amides is 4. The minimum absolute atomic E-state index is 0. The summed E-state index contributed by atoms with van der Waals surface area (Å²) < 4.78 is 0. The fraction of sp³-hybridized carbons (Fsp3) is 0.550. The van der Waals surface area contributed by atoms with Gasteiger partial charge in [-0.25, -0.2) is 4.79 Å². The lowest BCUT2D eigenvalue weighted by molar-refractivity contribution is -0.135. The van der Waals surface area contributed by atoms with Crippen LogP contribution >= 0.6 is 12.4 Å². The molecule has 2 fully saturated rings. The molecular weight excluding hydrogens is 380 g/mol. The lowest BCUT2D eigenvalue weighted by Gasteiger charge is -2.23. The predicted octanol–water partition coefficient (Wildman–Crippen LogP) is 1.31. The first-order valence-corrected chi connectivity index (χ1v) is 9.80. The maximum absolute atomic E-state index is 13.0. The van der Waals surface area contributed by atoms with Crippen LogP contribution in [0.25, 0.3) is 0 Å². The van der Waals surface area contributed by atoms with E-state index in [2.05, 4.69) is 16.0 Å². The topological polar surface area (TPSA) is 90.5 Å². The molecule has 2 heterocycles. The molecule has 7 nitrogen and oxygen atoms in total. The number of fused-ring (bicyclic) bond motifs is 2. The monoisotopic (exact) mass is 406 g/mol. The fourth-order valence-corrected chi connectivity index (χ4v) is 4.52. The normalized spacial score (nSPS) is 26.0. The molecule has 3 aliphatic rings. The Morgan fingerprint density at radius 1 is 1.29 bits per heavy atom. The standard InChI is InChI=1S/C20H26N4O3.ClH/c25-17(22-11-8-14-4-3-10-21-12-14)13-24-18(26)20(23-19(24)27)9-7-15-5-1-2-6-16(15)20;/h1-2,5-6,14,21H,3-4,7-13H2,(H,22,25)(H,23,27);1H. The number of rotatable bonds is 5. The zero-order valence-corrected chi connectivity index (χ0v) is 16.6. The van der Waals surface area contributed by atoms with Crippen molar-refractivity contribution in [3.63, 3.8) is 0 Å². The molecule has 0 bridgehead atoms. The van der Waals surface area contributed by atoms with Crippen molar-refractivity contribution < 1.29 is 14.4 Å². The molecule has 1 aromatic rings. The van der Waals surface area contributed by atoms with Crippen LogP contribution < -0.4 is 16.0 Å². The highest BCUT2D eigenvalue weighted by Crippen LogP contribution is 2.41. The van der Waals surface area contributed by atoms with Gasteiger partial charge in [0, 0.05) is 6.54 Å².